The summed E-state index contributed by atoms with van der Waals surface area (Å²) >= 11 is 5.86. The van der Waals surface area contributed by atoms with Gasteiger partial charge in [-0.1, -0.05) is 29.8 Å². The van der Waals surface area contributed by atoms with Gasteiger partial charge in [0.25, 0.3) is 0 Å². The van der Waals surface area contributed by atoms with Gasteiger partial charge in [0.1, 0.15) is 17.7 Å². The Morgan fingerprint density at radius 1 is 1.25 bits per heavy atom. The Labute approximate surface area is 122 Å². The van der Waals surface area contributed by atoms with Gasteiger partial charge in [-0.2, -0.15) is 0 Å². The van der Waals surface area contributed by atoms with Gasteiger partial charge in [-0.25, -0.2) is 4.39 Å². The summed E-state index contributed by atoms with van der Waals surface area (Å²) in [7, 11) is 0. The normalized spacial score (nSPS) is 16.8. The molecule has 1 heterocycles. The zero-order valence-corrected chi connectivity index (χ0v) is 11.7. The first-order valence-corrected chi connectivity index (χ1v) is 6.99. The smallest absolute Gasteiger partial charge is 0.127 e. The summed E-state index contributed by atoms with van der Waals surface area (Å²) in [5, 5.41) is 3.77. The number of rotatable bonds is 4. The molecule has 2 nitrogen and oxygen atoms in total. The van der Waals surface area contributed by atoms with Gasteiger partial charge in [0.2, 0.25) is 0 Å². The summed E-state index contributed by atoms with van der Waals surface area (Å²) in [4.78, 5) is 0. The average molecular weight is 292 g/mol. The third-order valence-corrected chi connectivity index (χ3v) is 3.64. The molecule has 1 aliphatic rings. The largest absolute Gasteiger partial charge is 0.488 e. The van der Waals surface area contributed by atoms with Crippen LogP contribution in [0.1, 0.15) is 11.1 Å². The molecule has 0 aliphatic carbocycles. The van der Waals surface area contributed by atoms with Gasteiger partial charge in [0.05, 0.1) is 0 Å². The first-order valence-electron chi connectivity index (χ1n) is 6.61. The molecule has 4 heteroatoms. The molecule has 1 atom stereocenters. The lowest BCUT2D eigenvalue weighted by atomic mass is 10.1. The molecule has 1 N–H and O–H groups in total. The van der Waals surface area contributed by atoms with Crippen molar-refractivity contribution in [2.75, 3.05) is 6.54 Å². The van der Waals surface area contributed by atoms with Crippen LogP contribution < -0.4 is 10.1 Å². The van der Waals surface area contributed by atoms with Gasteiger partial charge in [-0.05, 0) is 29.8 Å². The summed E-state index contributed by atoms with van der Waals surface area (Å²) < 4.78 is 19.4. The molecule has 1 unspecified atom stereocenters. The second kappa shape index (κ2) is 5.81. The predicted molar refractivity (Wildman–Crippen MR) is 77.7 cm³/mol. The van der Waals surface area contributed by atoms with Crippen LogP contribution in [0.3, 0.4) is 0 Å². The highest BCUT2D eigenvalue weighted by Crippen LogP contribution is 2.27. The SMILES string of the molecule is Fc1ccc(Cl)cc1CNCC1Cc2ccccc2O1. The van der Waals surface area contributed by atoms with Crippen molar-refractivity contribution in [2.24, 2.45) is 0 Å². The molecule has 0 fully saturated rings. The van der Waals surface area contributed by atoms with Gasteiger partial charge >= 0.3 is 0 Å². The Kier molecular flexibility index (Phi) is 3.90. The third-order valence-electron chi connectivity index (χ3n) is 3.41. The van der Waals surface area contributed by atoms with E-state index in [4.69, 9.17) is 16.3 Å². The lowest BCUT2D eigenvalue weighted by Crippen LogP contribution is -2.29. The number of hydrogen-bond acceptors (Lipinski definition) is 2. The average Bonchev–Trinajstić information content (AvgIpc) is 2.85. The number of halogens is 2. The molecule has 104 valence electrons. The van der Waals surface area contributed by atoms with Crippen LogP contribution in [0.4, 0.5) is 4.39 Å². The lowest BCUT2D eigenvalue weighted by molar-refractivity contribution is 0.227. The fourth-order valence-electron chi connectivity index (χ4n) is 2.41. The van der Waals surface area contributed by atoms with Gasteiger partial charge in [-0.3, -0.25) is 0 Å². The minimum absolute atomic E-state index is 0.106. The van der Waals surface area contributed by atoms with E-state index in [1.807, 2.05) is 18.2 Å². The molecule has 2 aromatic carbocycles. The van der Waals surface area contributed by atoms with E-state index in [-0.39, 0.29) is 11.9 Å². The Morgan fingerprint density at radius 2 is 2.10 bits per heavy atom. The molecule has 0 aromatic heterocycles. The minimum atomic E-state index is -0.238. The van der Waals surface area contributed by atoms with Crippen LogP contribution in [0.2, 0.25) is 5.02 Å². The maximum Gasteiger partial charge on any atom is 0.127 e. The summed E-state index contributed by atoms with van der Waals surface area (Å²) in [6.07, 6.45) is 0.996. The highest BCUT2D eigenvalue weighted by Gasteiger charge is 2.21. The Morgan fingerprint density at radius 3 is 2.95 bits per heavy atom. The number of benzene rings is 2. The Bertz CT molecular complexity index is 592. The van der Waals surface area contributed by atoms with Gasteiger partial charge in [-0.15, -0.1) is 0 Å². The number of para-hydroxylation sites is 1. The van der Waals surface area contributed by atoms with Crippen molar-refractivity contribution in [3.63, 3.8) is 0 Å². The van der Waals surface area contributed by atoms with E-state index in [0.29, 0.717) is 23.7 Å². The molecule has 20 heavy (non-hydrogen) atoms. The van der Waals surface area contributed by atoms with E-state index in [9.17, 15) is 4.39 Å². The summed E-state index contributed by atoms with van der Waals surface area (Å²) in [6.45, 7) is 1.13. The van der Waals surface area contributed by atoms with Crippen molar-refractivity contribution in [1.82, 2.24) is 5.32 Å². The Hall–Kier alpha value is -1.58. The van der Waals surface area contributed by atoms with E-state index in [1.54, 1.807) is 12.1 Å². The summed E-state index contributed by atoms with van der Waals surface area (Å²) in [5.41, 5.74) is 1.81. The van der Waals surface area contributed by atoms with Crippen LogP contribution in [-0.2, 0) is 13.0 Å². The van der Waals surface area contributed by atoms with Crippen molar-refractivity contribution >= 4 is 11.6 Å². The molecule has 0 bridgehead atoms. The molecule has 0 radical (unpaired) electrons. The lowest BCUT2D eigenvalue weighted by Gasteiger charge is -2.12. The molecule has 2 aromatic rings. The van der Waals surface area contributed by atoms with Crippen molar-refractivity contribution in [2.45, 2.75) is 19.1 Å². The van der Waals surface area contributed by atoms with Crippen molar-refractivity contribution in [1.29, 1.82) is 0 Å². The fraction of sp³-hybridized carbons (Fsp3) is 0.250. The molecule has 0 saturated carbocycles. The molecule has 1 aliphatic heterocycles. The molecule has 3 rings (SSSR count). The number of ether oxygens (including phenoxy) is 1. The van der Waals surface area contributed by atoms with E-state index >= 15 is 0 Å². The third kappa shape index (κ3) is 2.94. The number of fused-ring (bicyclic) bond motifs is 1. The standard InChI is InChI=1S/C16H15ClFNO/c17-13-5-6-15(18)12(7-13)9-19-10-14-8-11-3-1-2-4-16(11)20-14/h1-7,14,19H,8-10H2. The van der Waals surface area contributed by atoms with Crippen molar-refractivity contribution < 1.29 is 9.13 Å². The first kappa shape index (κ1) is 13.4. The number of hydrogen-bond donors (Lipinski definition) is 1. The van der Waals surface area contributed by atoms with Crippen LogP contribution in [0.25, 0.3) is 0 Å². The van der Waals surface area contributed by atoms with Crippen molar-refractivity contribution in [3.05, 3.63) is 64.4 Å². The van der Waals surface area contributed by atoms with Crippen molar-refractivity contribution in [3.8, 4) is 5.75 Å². The highest BCUT2D eigenvalue weighted by molar-refractivity contribution is 6.30. The van der Waals surface area contributed by atoms with Crippen LogP contribution in [0.5, 0.6) is 5.75 Å². The maximum absolute atomic E-state index is 13.6. The highest BCUT2D eigenvalue weighted by atomic mass is 35.5. The molecule has 0 amide bonds. The van der Waals surface area contributed by atoms with E-state index in [0.717, 1.165) is 12.2 Å². The minimum Gasteiger partial charge on any atom is -0.488 e. The molecular formula is C16H15ClFNO. The zero-order valence-electron chi connectivity index (χ0n) is 10.9. The first-order chi connectivity index (χ1) is 9.72. The summed E-state index contributed by atoms with van der Waals surface area (Å²) in [5.74, 6) is 0.714. The maximum atomic E-state index is 13.6. The quantitative estimate of drug-likeness (QED) is 0.930. The number of nitrogens with one attached hydrogen (secondary N) is 1. The van der Waals surface area contributed by atoms with Gasteiger partial charge in [0, 0.05) is 30.1 Å². The topological polar surface area (TPSA) is 21.3 Å². The molecular weight excluding hydrogens is 277 g/mol. The van der Waals surface area contributed by atoms with Crippen LogP contribution in [-0.4, -0.2) is 12.6 Å². The van der Waals surface area contributed by atoms with Crippen LogP contribution in [0, 0.1) is 5.82 Å². The fourth-order valence-corrected chi connectivity index (χ4v) is 2.61. The van der Waals surface area contributed by atoms with Crippen LogP contribution >= 0.6 is 11.6 Å². The molecule has 0 spiro atoms. The van der Waals surface area contributed by atoms with E-state index in [2.05, 4.69) is 11.4 Å². The van der Waals surface area contributed by atoms with Gasteiger partial charge < -0.3 is 10.1 Å². The summed E-state index contributed by atoms with van der Waals surface area (Å²) in [6, 6.07) is 12.6. The molecule has 0 saturated heterocycles. The second-order valence-electron chi connectivity index (χ2n) is 4.92. The van der Waals surface area contributed by atoms with E-state index in [1.165, 1.54) is 11.6 Å². The Balaban J connectivity index is 1.53. The zero-order chi connectivity index (χ0) is 13.9. The second-order valence-corrected chi connectivity index (χ2v) is 5.35. The monoisotopic (exact) mass is 291 g/mol. The van der Waals surface area contributed by atoms with E-state index < -0.39 is 0 Å². The predicted octanol–water partition coefficient (Wildman–Crippen LogP) is 3.57. The van der Waals surface area contributed by atoms with Crippen LogP contribution in [0.15, 0.2) is 42.5 Å². The van der Waals surface area contributed by atoms with Gasteiger partial charge in [0.15, 0.2) is 0 Å².